The van der Waals surface area contributed by atoms with Gasteiger partial charge in [-0.15, -0.1) is 0 Å². The molecule has 114 valence electrons. The molecule has 2 nitrogen and oxygen atoms in total. The fraction of sp³-hybridized carbons (Fsp3) is 0.235. The second-order valence-electron chi connectivity index (χ2n) is 4.79. The fourth-order valence-electron chi connectivity index (χ4n) is 2.08. The van der Waals surface area contributed by atoms with Crippen LogP contribution < -0.4 is 4.74 Å². The summed E-state index contributed by atoms with van der Waals surface area (Å²) in [7, 11) is 0. The predicted octanol–water partition coefficient (Wildman–Crippen LogP) is 6.11. The molecule has 0 spiro atoms. The minimum atomic E-state index is -0.265. The summed E-state index contributed by atoms with van der Waals surface area (Å²) < 4.78 is 5.62. The molecule has 0 aromatic heterocycles. The van der Waals surface area contributed by atoms with Gasteiger partial charge in [0, 0.05) is 15.1 Å². The lowest BCUT2D eigenvalue weighted by atomic mass is 9.96. The topological polar surface area (TPSA) is 33.0 Å². The lowest BCUT2D eigenvalue weighted by Crippen LogP contribution is -2.02. The molecule has 2 aromatic carbocycles. The largest absolute Gasteiger partial charge is 0.494 e. The molecule has 0 fully saturated rings. The van der Waals surface area contributed by atoms with E-state index in [1.54, 1.807) is 30.3 Å². The van der Waals surface area contributed by atoms with E-state index in [9.17, 15) is 5.26 Å². The third-order valence-electron chi connectivity index (χ3n) is 3.21. The Labute approximate surface area is 145 Å². The molecule has 2 rings (SSSR count). The smallest absolute Gasteiger partial charge is 0.119 e. The van der Waals surface area contributed by atoms with Crippen LogP contribution in [0.3, 0.4) is 0 Å². The summed E-state index contributed by atoms with van der Waals surface area (Å²) in [4.78, 5) is 0. The zero-order valence-corrected chi connectivity index (χ0v) is 14.0. The Morgan fingerprint density at radius 1 is 1.00 bits per heavy atom. The number of halogens is 3. The van der Waals surface area contributed by atoms with Crippen LogP contribution in [0.25, 0.3) is 0 Å². The van der Waals surface area contributed by atoms with E-state index in [4.69, 9.17) is 39.5 Å². The summed E-state index contributed by atoms with van der Waals surface area (Å²) in [6.45, 7) is 0.533. The highest BCUT2D eigenvalue weighted by atomic mass is 35.5. The van der Waals surface area contributed by atoms with Gasteiger partial charge in [0.25, 0.3) is 0 Å². The van der Waals surface area contributed by atoms with Crippen molar-refractivity contribution in [3.63, 3.8) is 0 Å². The molecule has 0 aliphatic rings. The van der Waals surface area contributed by atoms with Crippen molar-refractivity contribution in [2.75, 3.05) is 6.61 Å². The van der Waals surface area contributed by atoms with E-state index in [1.807, 2.05) is 12.1 Å². The number of ether oxygens (including phenoxy) is 1. The van der Waals surface area contributed by atoms with Gasteiger partial charge in [0.15, 0.2) is 0 Å². The van der Waals surface area contributed by atoms with Crippen LogP contribution in [0, 0.1) is 11.3 Å². The molecule has 0 saturated heterocycles. The van der Waals surface area contributed by atoms with Gasteiger partial charge in [0.1, 0.15) is 5.75 Å². The SMILES string of the molecule is N#C[C@H](CCCOc1ccc(Cl)cc1)c1ccc(Cl)cc1Cl. The van der Waals surface area contributed by atoms with E-state index in [0.29, 0.717) is 28.1 Å². The number of nitriles is 1. The molecule has 0 bridgehead atoms. The molecule has 1 atom stereocenters. The minimum Gasteiger partial charge on any atom is -0.494 e. The Hall–Kier alpha value is -1.40. The highest BCUT2D eigenvalue weighted by Crippen LogP contribution is 2.30. The molecule has 0 amide bonds. The van der Waals surface area contributed by atoms with Gasteiger partial charge in [-0.05, 0) is 54.8 Å². The number of rotatable bonds is 6. The Balaban J connectivity index is 1.86. The number of benzene rings is 2. The summed E-state index contributed by atoms with van der Waals surface area (Å²) >= 11 is 17.8. The van der Waals surface area contributed by atoms with Crippen LogP contribution in [0.4, 0.5) is 0 Å². The van der Waals surface area contributed by atoms with Crippen molar-refractivity contribution >= 4 is 34.8 Å². The number of hydrogen-bond acceptors (Lipinski definition) is 2. The second-order valence-corrected chi connectivity index (χ2v) is 6.07. The number of nitrogens with zero attached hydrogens (tertiary/aromatic N) is 1. The van der Waals surface area contributed by atoms with Gasteiger partial charge < -0.3 is 4.74 Å². The van der Waals surface area contributed by atoms with E-state index in [0.717, 1.165) is 17.7 Å². The predicted molar refractivity (Wildman–Crippen MR) is 91.0 cm³/mol. The maximum atomic E-state index is 9.32. The van der Waals surface area contributed by atoms with Gasteiger partial charge >= 0.3 is 0 Å². The first-order valence-corrected chi connectivity index (χ1v) is 7.96. The van der Waals surface area contributed by atoms with E-state index < -0.39 is 0 Å². The molecule has 0 radical (unpaired) electrons. The summed E-state index contributed by atoms with van der Waals surface area (Å²) in [5.74, 6) is 0.501. The highest BCUT2D eigenvalue weighted by molar-refractivity contribution is 6.35. The molecule has 0 aliphatic carbocycles. The quantitative estimate of drug-likeness (QED) is 0.586. The van der Waals surface area contributed by atoms with Crippen LogP contribution in [0.5, 0.6) is 5.75 Å². The van der Waals surface area contributed by atoms with Crippen molar-refractivity contribution in [1.82, 2.24) is 0 Å². The van der Waals surface area contributed by atoms with Crippen LogP contribution >= 0.6 is 34.8 Å². The first-order valence-electron chi connectivity index (χ1n) is 6.83. The van der Waals surface area contributed by atoms with Gasteiger partial charge in [-0.25, -0.2) is 0 Å². The first kappa shape index (κ1) is 17.0. The van der Waals surface area contributed by atoms with Gasteiger partial charge in [0.05, 0.1) is 18.6 Å². The van der Waals surface area contributed by atoms with Crippen molar-refractivity contribution in [3.05, 3.63) is 63.1 Å². The monoisotopic (exact) mass is 353 g/mol. The van der Waals surface area contributed by atoms with Gasteiger partial charge in [0.2, 0.25) is 0 Å². The zero-order valence-electron chi connectivity index (χ0n) is 11.7. The van der Waals surface area contributed by atoms with Gasteiger partial charge in [-0.1, -0.05) is 40.9 Å². The Kier molecular flexibility index (Phi) is 6.39. The summed E-state index contributed by atoms with van der Waals surface area (Å²) in [5.41, 5.74) is 0.806. The normalized spacial score (nSPS) is 11.7. The van der Waals surface area contributed by atoms with Gasteiger partial charge in [-0.3, -0.25) is 0 Å². The molecular weight excluding hydrogens is 341 g/mol. The molecule has 2 aromatic rings. The first-order chi connectivity index (χ1) is 10.6. The van der Waals surface area contributed by atoms with E-state index in [-0.39, 0.29) is 5.92 Å². The second kappa shape index (κ2) is 8.29. The summed E-state index contributed by atoms with van der Waals surface area (Å²) in [6, 6.07) is 14.7. The summed E-state index contributed by atoms with van der Waals surface area (Å²) in [6.07, 6.45) is 1.42. The average molecular weight is 355 g/mol. The third kappa shape index (κ3) is 4.81. The van der Waals surface area contributed by atoms with Crippen molar-refractivity contribution in [2.45, 2.75) is 18.8 Å². The van der Waals surface area contributed by atoms with E-state index in [1.165, 1.54) is 0 Å². The fourth-order valence-corrected chi connectivity index (χ4v) is 2.75. The Morgan fingerprint density at radius 2 is 1.68 bits per heavy atom. The van der Waals surface area contributed by atoms with E-state index in [2.05, 4.69) is 6.07 Å². The molecule has 0 saturated carbocycles. The maximum Gasteiger partial charge on any atom is 0.119 e. The lowest BCUT2D eigenvalue weighted by molar-refractivity contribution is 0.305. The molecule has 0 unspecified atom stereocenters. The molecule has 22 heavy (non-hydrogen) atoms. The number of hydrogen-bond donors (Lipinski definition) is 0. The minimum absolute atomic E-state index is 0.265. The van der Waals surface area contributed by atoms with Crippen molar-refractivity contribution in [3.8, 4) is 11.8 Å². The molecule has 0 heterocycles. The van der Waals surface area contributed by atoms with Crippen molar-refractivity contribution in [2.24, 2.45) is 0 Å². The standard InChI is InChI=1S/C17H14Cl3NO/c18-13-3-6-15(7-4-13)22-9-1-2-12(11-21)16-8-5-14(19)10-17(16)20/h3-8,10,12H,1-2,9H2/t12-/m0/s1. The van der Waals surface area contributed by atoms with Crippen LogP contribution in [0.15, 0.2) is 42.5 Å². The Morgan fingerprint density at radius 3 is 2.32 bits per heavy atom. The summed E-state index contributed by atoms with van der Waals surface area (Å²) in [5, 5.41) is 11.1. The molecular formula is C17H14Cl3NO. The van der Waals surface area contributed by atoms with Crippen molar-refractivity contribution in [1.29, 1.82) is 5.26 Å². The van der Waals surface area contributed by atoms with Gasteiger partial charge in [-0.2, -0.15) is 5.26 Å². The highest BCUT2D eigenvalue weighted by Gasteiger charge is 2.14. The Bertz CT molecular complexity index is 665. The lowest BCUT2D eigenvalue weighted by Gasteiger charge is -2.12. The molecule has 0 N–H and O–H groups in total. The third-order valence-corrected chi connectivity index (χ3v) is 4.03. The molecule has 0 aliphatic heterocycles. The zero-order chi connectivity index (χ0) is 15.9. The van der Waals surface area contributed by atoms with Crippen LogP contribution in [-0.4, -0.2) is 6.61 Å². The van der Waals surface area contributed by atoms with Crippen molar-refractivity contribution < 1.29 is 4.74 Å². The van der Waals surface area contributed by atoms with Crippen LogP contribution in [0.2, 0.25) is 15.1 Å². The van der Waals surface area contributed by atoms with Crippen LogP contribution in [0.1, 0.15) is 24.3 Å². The maximum absolute atomic E-state index is 9.32. The van der Waals surface area contributed by atoms with Crippen LogP contribution in [-0.2, 0) is 0 Å². The van der Waals surface area contributed by atoms with E-state index >= 15 is 0 Å². The molecule has 5 heteroatoms. The average Bonchev–Trinajstić information content (AvgIpc) is 2.50.